The molecule has 0 aliphatic rings. The molecule has 0 aromatic heterocycles. The number of aryl methyl sites for hydroxylation is 1. The van der Waals surface area contributed by atoms with Gasteiger partial charge in [0, 0.05) is 23.7 Å². The maximum atomic E-state index is 12.2. The van der Waals surface area contributed by atoms with Crippen LogP contribution in [0.5, 0.6) is 11.5 Å². The van der Waals surface area contributed by atoms with E-state index in [0.29, 0.717) is 23.5 Å². The summed E-state index contributed by atoms with van der Waals surface area (Å²) < 4.78 is 10.5. The first-order valence-electron chi connectivity index (χ1n) is 9.36. The smallest absolute Gasteiger partial charge is 0.224 e. The molecule has 0 spiro atoms. The zero-order valence-electron chi connectivity index (χ0n) is 16.3. The predicted molar refractivity (Wildman–Crippen MR) is 107 cm³/mol. The van der Waals surface area contributed by atoms with Crippen molar-refractivity contribution in [1.82, 2.24) is 0 Å². The largest absolute Gasteiger partial charge is 0.497 e. The third-order valence-electron chi connectivity index (χ3n) is 4.50. The topological polar surface area (TPSA) is 67.8 Å². The Morgan fingerprint density at radius 3 is 2.48 bits per heavy atom. The first-order valence-corrected chi connectivity index (χ1v) is 9.36. The molecule has 146 valence electrons. The molecule has 2 rings (SSSR count). The molecule has 1 amide bonds. The third-order valence-corrected chi connectivity index (χ3v) is 4.50. The van der Waals surface area contributed by atoms with Gasteiger partial charge in [0.05, 0.1) is 20.3 Å². The predicted octanol–water partition coefficient (Wildman–Crippen LogP) is 4.50. The fourth-order valence-electron chi connectivity index (χ4n) is 2.88. The number of unbranched alkanes of at least 4 members (excludes halogenated alkanes) is 1. The summed E-state index contributed by atoms with van der Waals surface area (Å²) in [4.78, 5) is 12.2. The molecule has 0 bridgehead atoms. The van der Waals surface area contributed by atoms with E-state index in [-0.39, 0.29) is 12.3 Å². The van der Waals surface area contributed by atoms with Gasteiger partial charge in [0.2, 0.25) is 5.91 Å². The second kappa shape index (κ2) is 10.6. The van der Waals surface area contributed by atoms with Crippen molar-refractivity contribution in [2.24, 2.45) is 0 Å². The summed E-state index contributed by atoms with van der Waals surface area (Å²) in [6.45, 7) is 2.17. The number of methoxy groups -OCH3 is 2. The molecular weight excluding hydrogens is 342 g/mol. The van der Waals surface area contributed by atoms with Gasteiger partial charge in [-0.2, -0.15) is 0 Å². The molecule has 5 heteroatoms. The van der Waals surface area contributed by atoms with Gasteiger partial charge in [-0.15, -0.1) is 0 Å². The molecule has 5 nitrogen and oxygen atoms in total. The zero-order chi connectivity index (χ0) is 19.6. The van der Waals surface area contributed by atoms with Crippen LogP contribution in [0.3, 0.4) is 0 Å². The summed E-state index contributed by atoms with van der Waals surface area (Å²) in [7, 11) is 3.12. The van der Waals surface area contributed by atoms with Crippen molar-refractivity contribution < 1.29 is 19.4 Å². The van der Waals surface area contributed by atoms with Crippen molar-refractivity contribution in [3.63, 3.8) is 0 Å². The van der Waals surface area contributed by atoms with Crippen molar-refractivity contribution >= 4 is 11.6 Å². The van der Waals surface area contributed by atoms with Crippen molar-refractivity contribution in [2.45, 2.75) is 45.1 Å². The number of nitrogens with one attached hydrogen (secondary N) is 1. The molecule has 2 aromatic carbocycles. The van der Waals surface area contributed by atoms with Crippen molar-refractivity contribution in [3.8, 4) is 11.5 Å². The van der Waals surface area contributed by atoms with Gasteiger partial charge in [-0.3, -0.25) is 4.79 Å². The summed E-state index contributed by atoms with van der Waals surface area (Å²) in [5.74, 6) is 1.08. The first-order chi connectivity index (χ1) is 13.1. The van der Waals surface area contributed by atoms with E-state index >= 15 is 0 Å². The van der Waals surface area contributed by atoms with Crippen LogP contribution in [-0.2, 0) is 11.2 Å². The summed E-state index contributed by atoms with van der Waals surface area (Å²) in [5, 5.41) is 13.3. The Bertz CT molecular complexity index is 728. The average Bonchev–Trinajstić information content (AvgIpc) is 2.71. The van der Waals surface area contributed by atoms with Gasteiger partial charge >= 0.3 is 0 Å². The maximum Gasteiger partial charge on any atom is 0.224 e. The summed E-state index contributed by atoms with van der Waals surface area (Å²) in [6.07, 6.45) is 3.13. The number of amides is 1. The number of carbonyl (C=O) groups is 1. The van der Waals surface area contributed by atoms with Gasteiger partial charge in [-0.1, -0.05) is 25.5 Å². The highest BCUT2D eigenvalue weighted by molar-refractivity contribution is 5.90. The molecule has 0 aliphatic heterocycles. The quantitative estimate of drug-likeness (QED) is 0.645. The van der Waals surface area contributed by atoms with E-state index in [1.54, 1.807) is 32.4 Å². The molecule has 0 aliphatic carbocycles. The van der Waals surface area contributed by atoms with Gasteiger partial charge in [0.15, 0.2) is 0 Å². The third kappa shape index (κ3) is 6.29. The van der Waals surface area contributed by atoms with Gasteiger partial charge in [-0.05, 0) is 49.1 Å². The number of aliphatic hydroxyl groups excluding tert-OH is 1. The number of hydrogen-bond donors (Lipinski definition) is 2. The molecule has 27 heavy (non-hydrogen) atoms. The number of rotatable bonds is 10. The first kappa shape index (κ1) is 20.8. The van der Waals surface area contributed by atoms with Crippen LogP contribution in [0.2, 0.25) is 0 Å². The Hall–Kier alpha value is -2.53. The lowest BCUT2D eigenvalue weighted by molar-refractivity contribution is -0.116. The Morgan fingerprint density at radius 1 is 1.11 bits per heavy atom. The molecule has 0 heterocycles. The van der Waals surface area contributed by atoms with Crippen LogP contribution in [0, 0.1) is 0 Å². The molecular formula is C22H29NO4. The molecule has 2 N–H and O–H groups in total. The van der Waals surface area contributed by atoms with E-state index in [2.05, 4.69) is 12.2 Å². The minimum atomic E-state index is -0.784. The van der Waals surface area contributed by atoms with E-state index in [4.69, 9.17) is 9.47 Å². The summed E-state index contributed by atoms with van der Waals surface area (Å²) in [6, 6.07) is 13.2. The molecule has 1 atom stereocenters. The van der Waals surface area contributed by atoms with Crippen LogP contribution in [0.25, 0.3) is 0 Å². The Morgan fingerprint density at radius 2 is 1.85 bits per heavy atom. The molecule has 0 saturated carbocycles. The van der Waals surface area contributed by atoms with Gasteiger partial charge in [0.1, 0.15) is 11.5 Å². The van der Waals surface area contributed by atoms with Crippen LogP contribution >= 0.6 is 0 Å². The lowest BCUT2D eigenvalue weighted by Gasteiger charge is -2.15. The molecule has 2 aromatic rings. The number of carbonyl (C=O) groups excluding carboxylic acids is 1. The second-order valence-corrected chi connectivity index (χ2v) is 6.51. The highest BCUT2D eigenvalue weighted by Crippen LogP contribution is 2.31. The number of aliphatic hydroxyl groups is 1. The molecule has 0 radical (unpaired) electrons. The number of anilines is 1. The zero-order valence-corrected chi connectivity index (χ0v) is 16.3. The van der Waals surface area contributed by atoms with E-state index < -0.39 is 6.10 Å². The standard InChI is InChI=1S/C22H29NO4/c1-4-5-6-16-7-9-17(10-8-16)23-22(25)14-13-20(24)19-12-11-18(26-2)15-21(19)27-3/h7-12,15,20,24H,4-6,13-14H2,1-3H3,(H,23,25). The average molecular weight is 371 g/mol. The van der Waals surface area contributed by atoms with Crippen molar-refractivity contribution in [2.75, 3.05) is 19.5 Å². The van der Waals surface area contributed by atoms with Crippen LogP contribution in [0.4, 0.5) is 5.69 Å². The monoisotopic (exact) mass is 371 g/mol. The van der Waals surface area contributed by atoms with Gasteiger partial charge in [0.25, 0.3) is 0 Å². The number of hydrogen-bond acceptors (Lipinski definition) is 4. The van der Waals surface area contributed by atoms with Gasteiger partial charge in [-0.25, -0.2) is 0 Å². The van der Waals surface area contributed by atoms with Crippen LogP contribution in [0.15, 0.2) is 42.5 Å². The van der Waals surface area contributed by atoms with Crippen molar-refractivity contribution in [3.05, 3.63) is 53.6 Å². The van der Waals surface area contributed by atoms with Crippen LogP contribution in [-0.4, -0.2) is 25.2 Å². The van der Waals surface area contributed by atoms with Crippen LogP contribution < -0.4 is 14.8 Å². The van der Waals surface area contributed by atoms with E-state index in [1.165, 1.54) is 18.4 Å². The summed E-state index contributed by atoms with van der Waals surface area (Å²) >= 11 is 0. The van der Waals surface area contributed by atoms with Crippen LogP contribution in [0.1, 0.15) is 49.8 Å². The number of benzene rings is 2. The fraction of sp³-hybridized carbons (Fsp3) is 0.409. The van der Waals surface area contributed by atoms with E-state index in [0.717, 1.165) is 12.1 Å². The minimum Gasteiger partial charge on any atom is -0.497 e. The normalized spacial score (nSPS) is 11.7. The van der Waals surface area contributed by atoms with E-state index in [9.17, 15) is 9.90 Å². The Kier molecular flexibility index (Phi) is 8.14. The Balaban J connectivity index is 1.87. The lowest BCUT2D eigenvalue weighted by Crippen LogP contribution is -2.13. The minimum absolute atomic E-state index is 0.122. The molecule has 0 saturated heterocycles. The van der Waals surface area contributed by atoms with Crippen molar-refractivity contribution in [1.29, 1.82) is 0 Å². The molecule has 0 fully saturated rings. The summed E-state index contributed by atoms with van der Waals surface area (Å²) in [5.41, 5.74) is 2.69. The SMILES string of the molecule is CCCCc1ccc(NC(=O)CCC(O)c2ccc(OC)cc2OC)cc1. The molecule has 1 unspecified atom stereocenters. The maximum absolute atomic E-state index is 12.2. The number of ether oxygens (including phenoxy) is 2. The highest BCUT2D eigenvalue weighted by atomic mass is 16.5. The fourth-order valence-corrected chi connectivity index (χ4v) is 2.88. The Labute approximate surface area is 161 Å². The highest BCUT2D eigenvalue weighted by Gasteiger charge is 2.16. The van der Waals surface area contributed by atoms with E-state index in [1.807, 2.05) is 24.3 Å². The lowest BCUT2D eigenvalue weighted by atomic mass is 10.0. The van der Waals surface area contributed by atoms with Gasteiger partial charge < -0.3 is 19.9 Å². The second-order valence-electron chi connectivity index (χ2n) is 6.51.